The molecular formula is C55H64ClF2N11O2. The van der Waals surface area contributed by atoms with Gasteiger partial charge in [0.1, 0.15) is 6.07 Å². The Balaban J connectivity index is 0.685. The second-order valence-corrected chi connectivity index (χ2v) is 21.5. The molecule has 0 saturated carbocycles. The number of nitriles is 1. The van der Waals surface area contributed by atoms with Gasteiger partial charge in [-0.1, -0.05) is 11.6 Å². The van der Waals surface area contributed by atoms with Crippen LogP contribution in [-0.4, -0.2) is 107 Å². The largest absolute Gasteiger partial charge is 0.372 e. The summed E-state index contributed by atoms with van der Waals surface area (Å²) in [5.74, 6) is 1.36. The number of aromatic nitrogens is 4. The zero-order chi connectivity index (χ0) is 49.0. The second kappa shape index (κ2) is 19.5. The number of aryl methyl sites for hydroxylation is 2. The minimum atomic E-state index is -2.67. The van der Waals surface area contributed by atoms with Crippen LogP contribution < -0.4 is 19.6 Å². The molecule has 6 aliphatic heterocycles. The van der Waals surface area contributed by atoms with Crippen molar-refractivity contribution in [2.24, 2.45) is 18.4 Å². The van der Waals surface area contributed by atoms with Crippen molar-refractivity contribution < 1.29 is 18.4 Å². The Hall–Kier alpha value is -6.14. The van der Waals surface area contributed by atoms with Crippen molar-refractivity contribution in [1.82, 2.24) is 29.4 Å². The predicted octanol–water partition coefficient (Wildman–Crippen LogP) is 9.70. The van der Waals surface area contributed by atoms with Crippen LogP contribution in [0.5, 0.6) is 0 Å². The fraction of sp³-hybridized carbons (Fsp3) is 0.509. The van der Waals surface area contributed by atoms with Crippen LogP contribution in [0.25, 0.3) is 11.1 Å². The van der Waals surface area contributed by atoms with Gasteiger partial charge in [-0.15, -0.1) is 0 Å². The number of hydrogen-bond donors (Lipinski definition) is 0. The van der Waals surface area contributed by atoms with E-state index < -0.39 is 6.43 Å². The number of carbonyl (C=O) groups excluding carboxylic acids is 2. The first-order chi connectivity index (χ1) is 34.4. The molecule has 0 aliphatic carbocycles. The van der Waals surface area contributed by atoms with E-state index in [0.717, 1.165) is 125 Å². The molecule has 4 fully saturated rings. The van der Waals surface area contributed by atoms with Gasteiger partial charge in [0.15, 0.2) is 5.82 Å². The molecule has 0 bridgehead atoms. The summed E-state index contributed by atoms with van der Waals surface area (Å²) in [6.45, 7) is 10.6. The first-order valence-corrected chi connectivity index (χ1v) is 26.2. The number of hydrogen-bond acceptors (Lipinski definition) is 9. The Morgan fingerprint density at radius 1 is 0.831 bits per heavy atom. The van der Waals surface area contributed by atoms with E-state index in [1.807, 2.05) is 29.2 Å². The summed E-state index contributed by atoms with van der Waals surface area (Å²) >= 11 is 6.37. The zero-order valence-electron chi connectivity index (χ0n) is 41.0. The number of rotatable bonds is 9. The Bertz CT molecular complexity index is 2830. The van der Waals surface area contributed by atoms with Crippen molar-refractivity contribution in [1.29, 1.82) is 5.26 Å². The molecule has 8 heterocycles. The average Bonchev–Trinajstić information content (AvgIpc) is 4.13. The van der Waals surface area contributed by atoms with E-state index >= 15 is 0 Å². The molecule has 2 amide bonds. The van der Waals surface area contributed by atoms with Crippen molar-refractivity contribution in [3.63, 3.8) is 0 Å². The van der Waals surface area contributed by atoms with Crippen LogP contribution in [0.4, 0.5) is 37.3 Å². The lowest BCUT2D eigenvalue weighted by atomic mass is 9.77. The number of piperidine rings is 3. The van der Waals surface area contributed by atoms with Crippen LogP contribution in [0.3, 0.4) is 0 Å². The maximum Gasteiger partial charge on any atom is 0.264 e. The Morgan fingerprint density at radius 2 is 1.52 bits per heavy atom. The second-order valence-electron chi connectivity index (χ2n) is 21.1. The van der Waals surface area contributed by atoms with Crippen molar-refractivity contribution in [3.8, 4) is 17.2 Å². The summed E-state index contributed by atoms with van der Waals surface area (Å²) in [7, 11) is 1.79. The first-order valence-electron chi connectivity index (χ1n) is 25.8. The Kier molecular flexibility index (Phi) is 12.9. The number of nitrogens with zero attached hydrogens (tertiary/aromatic N) is 11. The SMILES string of the molecule is CC(=O)N1CCc2c(c(N3CCCc4cc(-c5cnn(C)c5)c(C(F)F)cc43)nn2C2CCN(C(=O)CC3CCN(c4ccc(N5CCC6(CC5)CCN(c5ccc(C#N)c(Cl)c5)C6)cc4)CC3)CC2)C1. The van der Waals surface area contributed by atoms with Crippen LogP contribution >= 0.6 is 11.6 Å². The third kappa shape index (κ3) is 9.33. The third-order valence-electron chi connectivity index (χ3n) is 16.9. The molecule has 0 atom stereocenters. The fourth-order valence-corrected chi connectivity index (χ4v) is 12.9. The highest BCUT2D eigenvalue weighted by molar-refractivity contribution is 6.32. The maximum atomic E-state index is 14.8. The van der Waals surface area contributed by atoms with Crippen LogP contribution in [0.2, 0.25) is 5.02 Å². The number of anilines is 5. The molecule has 4 saturated heterocycles. The molecule has 0 N–H and O–H groups in total. The Morgan fingerprint density at radius 3 is 2.17 bits per heavy atom. The lowest BCUT2D eigenvalue weighted by Crippen LogP contribution is -2.42. The maximum absolute atomic E-state index is 14.8. The van der Waals surface area contributed by atoms with Crippen molar-refractivity contribution >= 4 is 52.0 Å². The van der Waals surface area contributed by atoms with Gasteiger partial charge in [-0.05, 0) is 135 Å². The van der Waals surface area contributed by atoms with Gasteiger partial charge in [0.2, 0.25) is 11.8 Å². The topological polar surface area (TPSA) is 113 Å². The normalized spacial score (nSPS) is 19.7. The molecule has 0 unspecified atom stereocenters. The van der Waals surface area contributed by atoms with Gasteiger partial charge >= 0.3 is 0 Å². The van der Waals surface area contributed by atoms with Crippen LogP contribution in [-0.2, 0) is 36.0 Å². The van der Waals surface area contributed by atoms with E-state index in [-0.39, 0.29) is 23.4 Å². The van der Waals surface area contributed by atoms with Gasteiger partial charge < -0.3 is 29.4 Å². The molecule has 0 radical (unpaired) electrons. The highest BCUT2D eigenvalue weighted by Gasteiger charge is 2.41. The highest BCUT2D eigenvalue weighted by atomic mass is 35.5. The lowest BCUT2D eigenvalue weighted by molar-refractivity contribution is -0.133. The summed E-state index contributed by atoms with van der Waals surface area (Å²) in [5, 5.41) is 19.4. The van der Waals surface area contributed by atoms with E-state index in [1.54, 1.807) is 37.1 Å². The molecule has 11 rings (SSSR count). The summed E-state index contributed by atoms with van der Waals surface area (Å²) in [4.78, 5) is 40.0. The number of halogens is 3. The first kappa shape index (κ1) is 47.2. The Labute approximate surface area is 420 Å². The smallest absolute Gasteiger partial charge is 0.264 e. The molecule has 16 heteroatoms. The lowest BCUT2D eigenvalue weighted by Gasteiger charge is -2.40. The number of carbonyl (C=O) groups is 2. The van der Waals surface area contributed by atoms with E-state index in [1.165, 1.54) is 17.8 Å². The zero-order valence-corrected chi connectivity index (χ0v) is 41.8. The molecule has 13 nitrogen and oxygen atoms in total. The molecular weight excluding hydrogens is 920 g/mol. The molecule has 5 aromatic rings. The number of alkyl halides is 2. The highest BCUT2D eigenvalue weighted by Crippen LogP contribution is 2.46. The predicted molar refractivity (Wildman–Crippen MR) is 274 cm³/mol. The minimum Gasteiger partial charge on any atom is -0.372 e. The van der Waals surface area contributed by atoms with Crippen LogP contribution in [0, 0.1) is 22.7 Å². The molecule has 2 aromatic heterocycles. The van der Waals surface area contributed by atoms with E-state index in [0.29, 0.717) is 78.6 Å². The molecule has 71 heavy (non-hydrogen) atoms. The van der Waals surface area contributed by atoms with Gasteiger partial charge in [-0.2, -0.15) is 15.5 Å². The summed E-state index contributed by atoms with van der Waals surface area (Å²) < 4.78 is 33.4. The van der Waals surface area contributed by atoms with E-state index in [9.17, 15) is 23.6 Å². The van der Waals surface area contributed by atoms with Gasteiger partial charge in [-0.25, -0.2) is 8.78 Å². The summed E-state index contributed by atoms with van der Waals surface area (Å²) in [6.07, 6.45) is 10.7. The quantitative estimate of drug-likeness (QED) is 0.143. The van der Waals surface area contributed by atoms with Crippen molar-refractivity contribution in [3.05, 3.63) is 100.0 Å². The third-order valence-corrected chi connectivity index (χ3v) is 17.2. The van der Waals surface area contributed by atoms with Gasteiger partial charge in [0.25, 0.3) is 6.43 Å². The standard InChI is InChI=1S/C55H64ClF2N11O2/c1-37(70)66-24-15-50-48(35-66)54(68-19-3-4-39-29-46(41-33-60-62(2)34-41)47(53(57)58)31-51(39)68)61-69(50)44-13-22-65(23-14-44)52(71)28-38-11-20-63(21-12-38)42-7-9-43(10-8-42)64-25-16-55(17-26-64)18-27-67(36-55)45-6-5-40(32-59)49(56)30-45/h5-10,29-31,33-34,38,44,53H,3-4,11-28,35-36H2,1-2H3. The number of benzene rings is 3. The summed E-state index contributed by atoms with van der Waals surface area (Å²) in [5.41, 5.74) is 9.49. The molecule has 6 aliphatic rings. The van der Waals surface area contributed by atoms with Gasteiger partial charge in [0, 0.05) is 144 Å². The molecule has 372 valence electrons. The minimum absolute atomic E-state index is 0.00914. The van der Waals surface area contributed by atoms with Crippen molar-refractivity contribution in [2.45, 2.75) is 96.6 Å². The summed E-state index contributed by atoms with van der Waals surface area (Å²) in [6, 6.07) is 20.7. The molecule has 1 spiro atoms. The van der Waals surface area contributed by atoms with Gasteiger partial charge in [-0.3, -0.25) is 19.0 Å². The van der Waals surface area contributed by atoms with Crippen molar-refractivity contribution in [2.75, 3.05) is 85.0 Å². The number of amides is 2. The van der Waals surface area contributed by atoms with Crippen LogP contribution in [0.15, 0.2) is 67.0 Å². The number of fused-ring (bicyclic) bond motifs is 2. The van der Waals surface area contributed by atoms with Crippen LogP contribution in [0.1, 0.15) is 105 Å². The monoisotopic (exact) mass is 983 g/mol. The number of likely N-dealkylation sites (tertiary alicyclic amines) is 1. The van der Waals surface area contributed by atoms with E-state index in [2.05, 4.69) is 64.6 Å². The fourth-order valence-electron chi connectivity index (χ4n) is 12.7. The molecule has 3 aromatic carbocycles. The average molecular weight is 985 g/mol. The van der Waals surface area contributed by atoms with E-state index in [4.69, 9.17) is 16.7 Å². The van der Waals surface area contributed by atoms with Gasteiger partial charge in [0.05, 0.1) is 29.4 Å².